The zero-order valence-corrected chi connectivity index (χ0v) is 13.1. The van der Waals surface area contributed by atoms with Gasteiger partial charge in [0.1, 0.15) is 0 Å². The summed E-state index contributed by atoms with van der Waals surface area (Å²) in [5.41, 5.74) is 1.31. The molecule has 3 N–H and O–H groups in total. The van der Waals surface area contributed by atoms with Gasteiger partial charge in [0, 0.05) is 16.7 Å². The first-order valence-electron chi connectivity index (χ1n) is 6.85. The second kappa shape index (κ2) is 6.14. The number of benzene rings is 1. The van der Waals surface area contributed by atoms with Crippen LogP contribution >= 0.6 is 15.9 Å². The van der Waals surface area contributed by atoms with Crippen LogP contribution in [0.25, 0.3) is 0 Å². The molecule has 2 rings (SSSR count). The molecule has 1 aromatic rings. The summed E-state index contributed by atoms with van der Waals surface area (Å²) in [4.78, 5) is 10.9. The van der Waals surface area contributed by atoms with Crippen LogP contribution in [0.15, 0.2) is 22.7 Å². The SMILES string of the molecule is Cc1ccc(Br)cc1NCC1(O)CCC(C(=O)O)CC1. The lowest BCUT2D eigenvalue weighted by atomic mass is 9.79. The Labute approximate surface area is 127 Å². The van der Waals surface area contributed by atoms with Crippen molar-refractivity contribution in [2.24, 2.45) is 5.92 Å². The molecule has 1 aliphatic rings. The minimum atomic E-state index is -0.805. The maximum absolute atomic E-state index is 10.9. The second-order valence-electron chi connectivity index (χ2n) is 5.65. The predicted octanol–water partition coefficient (Wildman–Crippen LogP) is 3.18. The van der Waals surface area contributed by atoms with Gasteiger partial charge in [0.2, 0.25) is 0 Å². The second-order valence-corrected chi connectivity index (χ2v) is 6.57. The number of nitrogens with one attached hydrogen (secondary N) is 1. The Morgan fingerprint density at radius 2 is 2.10 bits per heavy atom. The molecule has 0 unspecified atom stereocenters. The number of aliphatic hydroxyl groups is 1. The molecule has 0 aromatic heterocycles. The van der Waals surface area contributed by atoms with E-state index < -0.39 is 11.6 Å². The van der Waals surface area contributed by atoms with Crippen LogP contribution in [0.5, 0.6) is 0 Å². The molecule has 110 valence electrons. The molecule has 5 heteroatoms. The number of carboxylic acids is 1. The molecular weight excluding hydrogens is 322 g/mol. The fraction of sp³-hybridized carbons (Fsp3) is 0.533. The van der Waals surface area contributed by atoms with Crippen LogP contribution < -0.4 is 5.32 Å². The van der Waals surface area contributed by atoms with E-state index in [1.54, 1.807) is 0 Å². The Morgan fingerprint density at radius 1 is 1.45 bits per heavy atom. The van der Waals surface area contributed by atoms with Crippen LogP contribution in [-0.4, -0.2) is 28.3 Å². The first-order valence-corrected chi connectivity index (χ1v) is 7.64. The van der Waals surface area contributed by atoms with Crippen LogP contribution in [0, 0.1) is 12.8 Å². The summed E-state index contributed by atoms with van der Waals surface area (Å²) in [6.07, 6.45) is 2.16. The number of carbonyl (C=O) groups is 1. The Kier molecular flexibility index (Phi) is 4.70. The molecule has 0 amide bonds. The number of rotatable bonds is 4. The first-order chi connectivity index (χ1) is 9.39. The highest BCUT2D eigenvalue weighted by atomic mass is 79.9. The molecular formula is C15H20BrNO3. The van der Waals surface area contributed by atoms with Gasteiger partial charge in [0.05, 0.1) is 11.5 Å². The highest BCUT2D eigenvalue weighted by molar-refractivity contribution is 9.10. The minimum absolute atomic E-state index is 0.303. The topological polar surface area (TPSA) is 69.6 Å². The summed E-state index contributed by atoms with van der Waals surface area (Å²) in [5.74, 6) is -1.05. The van der Waals surface area contributed by atoms with Crippen molar-refractivity contribution >= 4 is 27.6 Å². The lowest BCUT2D eigenvalue weighted by Crippen LogP contribution is -2.41. The van der Waals surface area contributed by atoms with Crippen molar-refractivity contribution in [3.8, 4) is 0 Å². The van der Waals surface area contributed by atoms with Crippen LogP contribution in [0.1, 0.15) is 31.2 Å². The monoisotopic (exact) mass is 341 g/mol. The van der Waals surface area contributed by atoms with Crippen LogP contribution in [-0.2, 0) is 4.79 Å². The third-order valence-corrected chi connectivity index (χ3v) is 4.57. The zero-order valence-electron chi connectivity index (χ0n) is 11.5. The third kappa shape index (κ3) is 3.73. The predicted molar refractivity (Wildman–Crippen MR) is 81.9 cm³/mol. The number of aryl methyl sites for hydroxylation is 1. The molecule has 0 spiro atoms. The fourth-order valence-corrected chi connectivity index (χ4v) is 2.98. The largest absolute Gasteiger partial charge is 0.481 e. The van der Waals surface area contributed by atoms with Gasteiger partial charge in [-0.2, -0.15) is 0 Å². The van der Waals surface area contributed by atoms with E-state index >= 15 is 0 Å². The van der Waals surface area contributed by atoms with E-state index in [9.17, 15) is 9.90 Å². The number of hydrogen-bond acceptors (Lipinski definition) is 3. The Bertz CT molecular complexity index is 496. The van der Waals surface area contributed by atoms with Gasteiger partial charge in [-0.25, -0.2) is 0 Å². The molecule has 1 fully saturated rings. The van der Waals surface area contributed by atoms with Crippen LogP contribution in [0.4, 0.5) is 5.69 Å². The smallest absolute Gasteiger partial charge is 0.306 e. The zero-order chi connectivity index (χ0) is 14.8. The van der Waals surface area contributed by atoms with E-state index in [0.717, 1.165) is 15.7 Å². The van der Waals surface area contributed by atoms with Gasteiger partial charge in [-0.05, 0) is 50.3 Å². The number of aliphatic carboxylic acids is 1. The first kappa shape index (κ1) is 15.3. The normalized spacial score (nSPS) is 26.2. The summed E-state index contributed by atoms with van der Waals surface area (Å²) in [6.45, 7) is 2.47. The average molecular weight is 342 g/mol. The molecule has 4 nitrogen and oxygen atoms in total. The van der Waals surface area contributed by atoms with E-state index in [1.807, 2.05) is 25.1 Å². The fourth-order valence-electron chi connectivity index (χ4n) is 2.62. The highest BCUT2D eigenvalue weighted by Gasteiger charge is 2.35. The van der Waals surface area contributed by atoms with Crippen molar-refractivity contribution in [2.75, 3.05) is 11.9 Å². The summed E-state index contributed by atoms with van der Waals surface area (Å²) >= 11 is 3.43. The third-order valence-electron chi connectivity index (χ3n) is 4.07. The standard InChI is InChI=1S/C15H20BrNO3/c1-10-2-3-12(16)8-13(10)17-9-15(20)6-4-11(5-7-15)14(18)19/h2-3,8,11,17,20H,4-7,9H2,1H3,(H,18,19). The molecule has 0 aliphatic heterocycles. The average Bonchev–Trinajstić information content (AvgIpc) is 2.40. The van der Waals surface area contributed by atoms with Crippen molar-refractivity contribution in [1.82, 2.24) is 0 Å². The van der Waals surface area contributed by atoms with Gasteiger partial charge in [0.15, 0.2) is 0 Å². The van der Waals surface area contributed by atoms with E-state index in [0.29, 0.717) is 32.2 Å². The Hall–Kier alpha value is -1.07. The Balaban J connectivity index is 1.94. The number of hydrogen-bond donors (Lipinski definition) is 3. The van der Waals surface area contributed by atoms with E-state index in [-0.39, 0.29) is 5.92 Å². The quantitative estimate of drug-likeness (QED) is 0.786. The van der Waals surface area contributed by atoms with E-state index in [1.165, 1.54) is 0 Å². The van der Waals surface area contributed by atoms with E-state index in [2.05, 4.69) is 21.2 Å². The summed E-state index contributed by atoms with van der Waals surface area (Å²) in [5, 5.41) is 22.8. The molecule has 1 aliphatic carbocycles. The molecule has 1 aromatic carbocycles. The van der Waals surface area contributed by atoms with Crippen molar-refractivity contribution in [3.05, 3.63) is 28.2 Å². The maximum atomic E-state index is 10.9. The van der Waals surface area contributed by atoms with Crippen LogP contribution in [0.2, 0.25) is 0 Å². The molecule has 0 heterocycles. The number of halogens is 1. The summed E-state index contributed by atoms with van der Waals surface area (Å²) in [6, 6.07) is 5.98. The number of carboxylic acid groups (broad SMARTS) is 1. The Morgan fingerprint density at radius 3 is 2.70 bits per heavy atom. The van der Waals surface area contributed by atoms with Gasteiger partial charge in [-0.15, -0.1) is 0 Å². The minimum Gasteiger partial charge on any atom is -0.481 e. The van der Waals surface area contributed by atoms with E-state index in [4.69, 9.17) is 5.11 Å². The van der Waals surface area contributed by atoms with Crippen LogP contribution in [0.3, 0.4) is 0 Å². The van der Waals surface area contributed by atoms with Crippen molar-refractivity contribution in [3.63, 3.8) is 0 Å². The summed E-state index contributed by atoms with van der Waals surface area (Å²) in [7, 11) is 0. The van der Waals surface area contributed by atoms with Crippen molar-refractivity contribution in [2.45, 2.75) is 38.2 Å². The van der Waals surface area contributed by atoms with Gasteiger partial charge in [-0.1, -0.05) is 22.0 Å². The lowest BCUT2D eigenvalue weighted by Gasteiger charge is -2.35. The van der Waals surface area contributed by atoms with Gasteiger partial charge in [0.25, 0.3) is 0 Å². The molecule has 0 radical (unpaired) electrons. The van der Waals surface area contributed by atoms with Gasteiger partial charge in [-0.3, -0.25) is 4.79 Å². The van der Waals surface area contributed by atoms with Crippen molar-refractivity contribution in [1.29, 1.82) is 0 Å². The lowest BCUT2D eigenvalue weighted by molar-refractivity contribution is -0.144. The molecule has 0 bridgehead atoms. The molecule has 1 saturated carbocycles. The van der Waals surface area contributed by atoms with Crippen molar-refractivity contribution < 1.29 is 15.0 Å². The summed E-state index contributed by atoms with van der Waals surface area (Å²) < 4.78 is 0.993. The van der Waals surface area contributed by atoms with Gasteiger partial charge < -0.3 is 15.5 Å². The molecule has 0 atom stereocenters. The molecule has 0 saturated heterocycles. The highest BCUT2D eigenvalue weighted by Crippen LogP contribution is 2.33. The van der Waals surface area contributed by atoms with Gasteiger partial charge >= 0.3 is 5.97 Å². The molecule has 20 heavy (non-hydrogen) atoms. The maximum Gasteiger partial charge on any atom is 0.306 e. The number of anilines is 1.